The van der Waals surface area contributed by atoms with Crippen molar-refractivity contribution in [3.05, 3.63) is 59.7 Å². The Hall–Kier alpha value is -3.39. The fourth-order valence-electron chi connectivity index (χ4n) is 3.94. The van der Waals surface area contributed by atoms with Gasteiger partial charge >= 0.3 is 12.1 Å². The van der Waals surface area contributed by atoms with E-state index in [4.69, 9.17) is 14.6 Å². The van der Waals surface area contributed by atoms with Crippen LogP contribution in [0.2, 0.25) is 0 Å². The van der Waals surface area contributed by atoms with E-state index in [1.807, 2.05) is 24.3 Å². The van der Waals surface area contributed by atoms with Crippen molar-refractivity contribution in [1.29, 1.82) is 0 Å². The number of benzene rings is 2. The molecule has 176 valence electrons. The van der Waals surface area contributed by atoms with E-state index < -0.39 is 17.6 Å². The number of fused-ring (bicyclic) bond motifs is 3. The molecular weight excluding hydrogens is 424 g/mol. The van der Waals surface area contributed by atoms with E-state index in [1.54, 1.807) is 13.8 Å². The maximum absolute atomic E-state index is 12.1. The van der Waals surface area contributed by atoms with Crippen molar-refractivity contribution in [1.82, 2.24) is 10.6 Å². The second-order valence-corrected chi connectivity index (χ2v) is 8.63. The van der Waals surface area contributed by atoms with Crippen molar-refractivity contribution in [2.45, 2.75) is 38.1 Å². The molecule has 0 spiro atoms. The summed E-state index contributed by atoms with van der Waals surface area (Å²) in [7, 11) is 0. The number of amides is 2. The van der Waals surface area contributed by atoms with Gasteiger partial charge in [0.15, 0.2) is 0 Å². The van der Waals surface area contributed by atoms with Gasteiger partial charge in [-0.05, 0) is 42.5 Å². The Kier molecular flexibility index (Phi) is 8.06. The van der Waals surface area contributed by atoms with Crippen LogP contribution in [0.15, 0.2) is 48.5 Å². The second kappa shape index (κ2) is 11.0. The number of ether oxygens (including phenoxy) is 2. The lowest BCUT2D eigenvalue weighted by atomic mass is 9.98. The van der Waals surface area contributed by atoms with Gasteiger partial charge < -0.3 is 25.2 Å². The number of carboxylic acid groups (broad SMARTS) is 1. The Labute approximate surface area is 193 Å². The van der Waals surface area contributed by atoms with E-state index in [-0.39, 0.29) is 44.6 Å². The molecular formula is C25H30N2O6. The molecule has 1 aliphatic carbocycles. The normalized spacial score (nSPS) is 12.5. The smallest absolute Gasteiger partial charge is 0.407 e. The van der Waals surface area contributed by atoms with E-state index in [0.717, 1.165) is 11.1 Å². The Bertz CT molecular complexity index is 958. The monoisotopic (exact) mass is 454 g/mol. The minimum Gasteiger partial charge on any atom is -0.481 e. The molecule has 0 aliphatic heterocycles. The van der Waals surface area contributed by atoms with Crippen LogP contribution in [0.3, 0.4) is 0 Å². The highest BCUT2D eigenvalue weighted by molar-refractivity contribution is 5.79. The van der Waals surface area contributed by atoms with Crippen LogP contribution < -0.4 is 10.6 Å². The van der Waals surface area contributed by atoms with Gasteiger partial charge in [-0.15, -0.1) is 0 Å². The number of hydrogen-bond acceptors (Lipinski definition) is 5. The van der Waals surface area contributed by atoms with Crippen LogP contribution in [0.25, 0.3) is 11.1 Å². The molecule has 0 radical (unpaired) electrons. The summed E-state index contributed by atoms with van der Waals surface area (Å²) >= 11 is 0. The molecule has 33 heavy (non-hydrogen) atoms. The molecule has 3 rings (SSSR count). The van der Waals surface area contributed by atoms with E-state index in [0.29, 0.717) is 6.42 Å². The summed E-state index contributed by atoms with van der Waals surface area (Å²) in [5.41, 5.74) is 3.98. The largest absolute Gasteiger partial charge is 0.481 e. The number of aliphatic carboxylic acids is 1. The first-order chi connectivity index (χ1) is 15.8. The molecule has 8 heteroatoms. The predicted molar refractivity (Wildman–Crippen MR) is 123 cm³/mol. The van der Waals surface area contributed by atoms with Crippen LogP contribution in [-0.4, -0.2) is 55.0 Å². The highest BCUT2D eigenvalue weighted by atomic mass is 16.5. The maximum atomic E-state index is 12.1. The molecule has 0 bridgehead atoms. The number of carbonyl (C=O) groups excluding carboxylic acids is 2. The van der Waals surface area contributed by atoms with Gasteiger partial charge in [-0.3, -0.25) is 9.59 Å². The van der Waals surface area contributed by atoms with E-state index in [2.05, 4.69) is 34.9 Å². The Morgan fingerprint density at radius 2 is 1.61 bits per heavy atom. The van der Waals surface area contributed by atoms with Crippen LogP contribution in [0.1, 0.15) is 43.7 Å². The van der Waals surface area contributed by atoms with Crippen molar-refractivity contribution in [2.24, 2.45) is 0 Å². The summed E-state index contributed by atoms with van der Waals surface area (Å²) in [6, 6.07) is 16.2. The minimum absolute atomic E-state index is 0.00687. The van der Waals surface area contributed by atoms with Crippen LogP contribution in [0, 0.1) is 0 Å². The zero-order chi connectivity index (χ0) is 23.8. The first kappa shape index (κ1) is 24.3. The molecule has 2 aromatic rings. The fraction of sp³-hybridized carbons (Fsp3) is 0.400. The fourth-order valence-corrected chi connectivity index (χ4v) is 3.94. The molecule has 0 atom stereocenters. The molecule has 2 aromatic carbocycles. The molecule has 8 nitrogen and oxygen atoms in total. The van der Waals surface area contributed by atoms with E-state index in [1.165, 1.54) is 11.1 Å². The van der Waals surface area contributed by atoms with Gasteiger partial charge in [-0.25, -0.2) is 4.79 Å². The average molecular weight is 455 g/mol. The van der Waals surface area contributed by atoms with Gasteiger partial charge in [0, 0.05) is 24.4 Å². The first-order valence-electron chi connectivity index (χ1n) is 11.0. The Morgan fingerprint density at radius 3 is 2.21 bits per heavy atom. The third kappa shape index (κ3) is 6.79. The minimum atomic E-state index is -0.909. The van der Waals surface area contributed by atoms with Crippen LogP contribution in [0.4, 0.5) is 4.79 Å². The number of rotatable bonds is 11. The molecule has 0 aromatic heterocycles. The quantitative estimate of drug-likeness (QED) is 0.449. The summed E-state index contributed by atoms with van der Waals surface area (Å²) < 4.78 is 10.7. The Morgan fingerprint density at radius 1 is 1.00 bits per heavy atom. The lowest BCUT2D eigenvalue weighted by molar-refractivity contribution is -0.138. The number of hydrogen-bond donors (Lipinski definition) is 3. The molecule has 0 saturated carbocycles. The second-order valence-electron chi connectivity index (χ2n) is 8.63. The summed E-state index contributed by atoms with van der Waals surface area (Å²) in [6.45, 7) is 3.91. The topological polar surface area (TPSA) is 114 Å². The number of carbonyl (C=O) groups is 3. The third-order valence-electron chi connectivity index (χ3n) is 5.53. The van der Waals surface area contributed by atoms with Crippen molar-refractivity contribution in [3.63, 3.8) is 0 Å². The third-order valence-corrected chi connectivity index (χ3v) is 5.53. The molecule has 1 aliphatic rings. The highest BCUT2D eigenvalue weighted by Crippen LogP contribution is 2.44. The van der Waals surface area contributed by atoms with Crippen LogP contribution in [-0.2, 0) is 19.1 Å². The van der Waals surface area contributed by atoms with Crippen molar-refractivity contribution < 1.29 is 29.0 Å². The molecule has 2 amide bonds. The maximum Gasteiger partial charge on any atom is 0.407 e. The molecule has 0 fully saturated rings. The molecule has 0 heterocycles. The predicted octanol–water partition coefficient (Wildman–Crippen LogP) is 3.30. The zero-order valence-electron chi connectivity index (χ0n) is 18.9. The summed E-state index contributed by atoms with van der Waals surface area (Å²) in [5, 5.41) is 14.1. The first-order valence-corrected chi connectivity index (χ1v) is 11.0. The number of carboxylic acids is 1. The summed E-state index contributed by atoms with van der Waals surface area (Å²) in [5.74, 6) is -1.26. The van der Waals surface area contributed by atoms with Crippen LogP contribution >= 0.6 is 0 Å². The average Bonchev–Trinajstić information content (AvgIpc) is 3.09. The summed E-state index contributed by atoms with van der Waals surface area (Å²) in [6.07, 6.45) is -0.255. The molecule has 0 saturated heterocycles. The molecule has 3 N–H and O–H groups in total. The van der Waals surface area contributed by atoms with Gasteiger partial charge in [-0.1, -0.05) is 48.5 Å². The SMILES string of the molecule is CC(C)(CCC(=O)O)NC(=O)COCCNC(=O)OCC1c2ccccc2-c2ccccc21. The van der Waals surface area contributed by atoms with Gasteiger partial charge in [0.25, 0.3) is 0 Å². The van der Waals surface area contributed by atoms with Gasteiger partial charge in [0.05, 0.1) is 6.61 Å². The highest BCUT2D eigenvalue weighted by Gasteiger charge is 2.29. The Balaban J connectivity index is 1.36. The van der Waals surface area contributed by atoms with Crippen molar-refractivity contribution >= 4 is 18.0 Å². The van der Waals surface area contributed by atoms with Crippen molar-refractivity contribution in [3.8, 4) is 11.1 Å². The van der Waals surface area contributed by atoms with Crippen LogP contribution in [0.5, 0.6) is 0 Å². The van der Waals surface area contributed by atoms with E-state index >= 15 is 0 Å². The lowest BCUT2D eigenvalue weighted by Gasteiger charge is -2.25. The number of alkyl carbamates (subject to hydrolysis) is 1. The summed E-state index contributed by atoms with van der Waals surface area (Å²) in [4.78, 5) is 34.8. The van der Waals surface area contributed by atoms with Gasteiger partial charge in [0.1, 0.15) is 13.2 Å². The molecule has 0 unspecified atom stereocenters. The van der Waals surface area contributed by atoms with Crippen molar-refractivity contribution in [2.75, 3.05) is 26.4 Å². The van der Waals surface area contributed by atoms with Gasteiger partial charge in [0.2, 0.25) is 5.91 Å². The van der Waals surface area contributed by atoms with Gasteiger partial charge in [-0.2, -0.15) is 0 Å². The van der Waals surface area contributed by atoms with E-state index in [9.17, 15) is 14.4 Å². The zero-order valence-corrected chi connectivity index (χ0v) is 18.9. The standard InChI is InChI=1S/C25H30N2O6/c1-25(2,12-11-23(29)30)27-22(28)16-32-14-13-26-24(31)33-15-21-19-9-5-3-7-17(19)18-8-4-6-10-20(18)21/h3-10,21H,11-16H2,1-2H3,(H,26,31)(H,27,28)(H,29,30). The lowest BCUT2D eigenvalue weighted by Crippen LogP contribution is -2.45. The number of nitrogens with one attached hydrogen (secondary N) is 2.